The van der Waals surface area contributed by atoms with Crippen molar-refractivity contribution in [1.82, 2.24) is 14.5 Å². The molecule has 0 aliphatic rings. The van der Waals surface area contributed by atoms with E-state index in [1.807, 2.05) is 0 Å². The fourth-order valence-corrected chi connectivity index (χ4v) is 2.18. The van der Waals surface area contributed by atoms with Crippen molar-refractivity contribution in [2.45, 2.75) is 0 Å². The van der Waals surface area contributed by atoms with Crippen LogP contribution >= 0.6 is 0 Å². The van der Waals surface area contributed by atoms with Gasteiger partial charge in [-0.25, -0.2) is 4.98 Å². The van der Waals surface area contributed by atoms with Crippen LogP contribution in [0, 0.1) is 21.6 Å². The molecular formula is C14H8N6NaO4. The Morgan fingerprint density at radius 2 is 1.96 bits per heavy atom. The second kappa shape index (κ2) is 7.27. The molecule has 1 radical (unpaired) electrons. The minimum absolute atomic E-state index is 0. The standard InChI is InChI=1S/C14H8N6O4.Na/c15-7-16-13-14(22)18-10-6-12(20(23)24)11(5-9(10)17-13)19-3-1-8(21)2-4-19;/h1-6H,(H,16,17)(H,18,22);. The van der Waals surface area contributed by atoms with Crippen LogP contribution in [-0.4, -0.2) is 49.0 Å². The molecule has 0 aliphatic carbocycles. The number of pyridine rings is 1. The van der Waals surface area contributed by atoms with Crippen molar-refractivity contribution < 1.29 is 4.92 Å². The van der Waals surface area contributed by atoms with Gasteiger partial charge < -0.3 is 9.55 Å². The van der Waals surface area contributed by atoms with Gasteiger partial charge in [-0.1, -0.05) is 0 Å². The summed E-state index contributed by atoms with van der Waals surface area (Å²) in [6.45, 7) is 0. The van der Waals surface area contributed by atoms with E-state index in [0.29, 0.717) is 0 Å². The third-order valence-electron chi connectivity index (χ3n) is 3.24. The molecule has 11 heteroatoms. The second-order valence-corrected chi connectivity index (χ2v) is 4.71. The van der Waals surface area contributed by atoms with Gasteiger partial charge in [0.25, 0.3) is 11.2 Å². The Hall–Kier alpha value is -3.00. The first-order valence-electron chi connectivity index (χ1n) is 6.56. The molecule has 0 bridgehead atoms. The number of aromatic amines is 1. The molecule has 25 heavy (non-hydrogen) atoms. The Labute approximate surface area is 161 Å². The van der Waals surface area contributed by atoms with Crippen LogP contribution < -0.4 is 16.3 Å². The molecule has 0 saturated carbocycles. The maximum absolute atomic E-state index is 11.8. The molecule has 10 nitrogen and oxygen atoms in total. The summed E-state index contributed by atoms with van der Waals surface area (Å²) in [5.41, 5.74) is -0.627. The second-order valence-electron chi connectivity index (χ2n) is 4.71. The molecule has 3 rings (SSSR count). The van der Waals surface area contributed by atoms with E-state index in [0.717, 1.165) is 0 Å². The first-order valence-corrected chi connectivity index (χ1v) is 6.56. The van der Waals surface area contributed by atoms with E-state index in [4.69, 9.17) is 5.26 Å². The molecule has 0 amide bonds. The Morgan fingerprint density at radius 3 is 2.56 bits per heavy atom. The van der Waals surface area contributed by atoms with Gasteiger partial charge in [0, 0.05) is 60.2 Å². The number of nitriles is 1. The number of benzene rings is 1. The number of H-pyrrole nitrogens is 1. The van der Waals surface area contributed by atoms with E-state index in [1.54, 1.807) is 6.19 Å². The number of aromatic nitrogens is 3. The fourth-order valence-electron chi connectivity index (χ4n) is 2.18. The summed E-state index contributed by atoms with van der Waals surface area (Å²) >= 11 is 0. The predicted octanol–water partition coefficient (Wildman–Crippen LogP) is 0.494. The molecule has 2 aromatic heterocycles. The van der Waals surface area contributed by atoms with Crippen molar-refractivity contribution in [3.05, 3.63) is 67.4 Å². The normalized spacial score (nSPS) is 9.88. The summed E-state index contributed by atoms with van der Waals surface area (Å²) in [6.07, 6.45) is 4.36. The first-order chi connectivity index (χ1) is 11.5. The minimum Gasteiger partial charge on any atom is -0.318 e. The molecule has 0 atom stereocenters. The van der Waals surface area contributed by atoms with E-state index >= 15 is 0 Å². The van der Waals surface area contributed by atoms with Gasteiger partial charge in [0.2, 0.25) is 5.82 Å². The van der Waals surface area contributed by atoms with Gasteiger partial charge >= 0.3 is 0 Å². The van der Waals surface area contributed by atoms with E-state index in [1.165, 1.54) is 41.2 Å². The van der Waals surface area contributed by atoms with Crippen molar-refractivity contribution in [3.8, 4) is 11.9 Å². The molecule has 119 valence electrons. The van der Waals surface area contributed by atoms with Crippen LogP contribution in [0.4, 0.5) is 11.5 Å². The van der Waals surface area contributed by atoms with E-state index in [-0.39, 0.29) is 63.2 Å². The monoisotopic (exact) mass is 347 g/mol. The summed E-state index contributed by atoms with van der Waals surface area (Å²) in [6, 6.07) is 5.08. The topological polar surface area (TPSA) is 147 Å². The van der Waals surface area contributed by atoms with Crippen molar-refractivity contribution in [2.24, 2.45) is 0 Å². The Kier molecular flexibility index (Phi) is 5.33. The summed E-state index contributed by atoms with van der Waals surface area (Å²) in [4.78, 5) is 40.1. The SMILES string of the molecule is N#CNc1nc2cc(-n3ccc(=O)cc3)c([N+](=O)[O-])cc2[nH]c1=O.[Na]. The van der Waals surface area contributed by atoms with Crippen LogP contribution in [0.1, 0.15) is 0 Å². The van der Waals surface area contributed by atoms with Gasteiger partial charge in [-0.15, -0.1) is 0 Å². The van der Waals surface area contributed by atoms with Gasteiger partial charge in [-0.2, -0.15) is 5.26 Å². The van der Waals surface area contributed by atoms with E-state index in [9.17, 15) is 19.7 Å². The van der Waals surface area contributed by atoms with Crippen molar-refractivity contribution in [3.63, 3.8) is 0 Å². The quantitative estimate of drug-likeness (QED) is 0.230. The summed E-state index contributed by atoms with van der Waals surface area (Å²) < 4.78 is 1.39. The molecule has 0 aliphatic heterocycles. The van der Waals surface area contributed by atoms with Crippen LogP contribution in [-0.2, 0) is 0 Å². The number of fused-ring (bicyclic) bond motifs is 1. The largest absolute Gasteiger partial charge is 0.318 e. The smallest absolute Gasteiger partial charge is 0.295 e. The Bertz CT molecular complexity index is 1110. The maximum Gasteiger partial charge on any atom is 0.295 e. The molecular weight excluding hydrogens is 339 g/mol. The number of rotatable bonds is 3. The van der Waals surface area contributed by atoms with Gasteiger partial charge in [0.05, 0.1) is 16.0 Å². The number of nitro groups is 1. The van der Waals surface area contributed by atoms with Gasteiger partial charge in [-0.05, 0) is 6.07 Å². The van der Waals surface area contributed by atoms with Gasteiger partial charge in [0.1, 0.15) is 5.69 Å². The predicted molar refractivity (Wildman–Crippen MR) is 89.6 cm³/mol. The zero-order valence-electron chi connectivity index (χ0n) is 12.9. The number of nitrogens with zero attached hydrogens (tertiary/aromatic N) is 4. The molecule has 2 N–H and O–H groups in total. The number of hydrogen-bond donors (Lipinski definition) is 2. The molecule has 2 heterocycles. The third-order valence-corrected chi connectivity index (χ3v) is 3.24. The molecule has 0 spiro atoms. The molecule has 0 fully saturated rings. The van der Waals surface area contributed by atoms with Crippen LogP contribution in [0.2, 0.25) is 0 Å². The maximum atomic E-state index is 11.8. The van der Waals surface area contributed by atoms with Crippen LogP contribution in [0.3, 0.4) is 0 Å². The van der Waals surface area contributed by atoms with Crippen molar-refractivity contribution in [2.75, 3.05) is 5.32 Å². The Morgan fingerprint density at radius 1 is 1.28 bits per heavy atom. The summed E-state index contributed by atoms with van der Waals surface area (Å²) in [5, 5.41) is 22.1. The minimum atomic E-state index is -0.672. The number of hydrogen-bond acceptors (Lipinski definition) is 7. The third kappa shape index (κ3) is 3.58. The summed E-state index contributed by atoms with van der Waals surface area (Å²) in [5.74, 6) is -0.218. The molecule has 1 aromatic carbocycles. The van der Waals surface area contributed by atoms with Gasteiger partial charge in [0.15, 0.2) is 11.6 Å². The van der Waals surface area contributed by atoms with E-state index in [2.05, 4.69) is 15.3 Å². The van der Waals surface area contributed by atoms with E-state index < -0.39 is 10.5 Å². The zero-order valence-corrected chi connectivity index (χ0v) is 14.9. The fraction of sp³-hybridized carbons (Fsp3) is 0. The van der Waals surface area contributed by atoms with Crippen LogP contribution in [0.15, 0.2) is 46.2 Å². The average molecular weight is 347 g/mol. The molecule has 0 saturated heterocycles. The number of anilines is 1. The zero-order chi connectivity index (χ0) is 17.3. The molecule has 3 aromatic rings. The summed E-state index contributed by atoms with van der Waals surface area (Å²) in [7, 11) is 0. The van der Waals surface area contributed by atoms with Gasteiger partial charge in [-0.3, -0.25) is 25.0 Å². The van der Waals surface area contributed by atoms with Crippen LogP contribution in [0.25, 0.3) is 16.7 Å². The Balaban J connectivity index is 0.00000225. The number of nitro benzene ring substituents is 1. The average Bonchev–Trinajstić information content (AvgIpc) is 2.55. The first kappa shape index (κ1) is 18.3. The van der Waals surface area contributed by atoms with Crippen LogP contribution in [0.5, 0.6) is 0 Å². The van der Waals surface area contributed by atoms with Crippen molar-refractivity contribution in [1.29, 1.82) is 5.26 Å². The molecule has 0 unspecified atom stereocenters. The number of nitrogens with one attached hydrogen (secondary N) is 2. The van der Waals surface area contributed by atoms with Crippen molar-refractivity contribution >= 4 is 52.1 Å².